The summed E-state index contributed by atoms with van der Waals surface area (Å²) in [5, 5.41) is 12.8. The van der Waals surface area contributed by atoms with Crippen molar-refractivity contribution >= 4 is 23.1 Å². The van der Waals surface area contributed by atoms with E-state index in [4.69, 9.17) is 15.7 Å². The van der Waals surface area contributed by atoms with Crippen molar-refractivity contribution in [2.75, 3.05) is 12.3 Å². The summed E-state index contributed by atoms with van der Waals surface area (Å²) in [4.78, 5) is 14.1. The predicted molar refractivity (Wildman–Crippen MR) is 82.6 cm³/mol. The molecule has 0 amide bonds. The lowest BCUT2D eigenvalue weighted by Crippen LogP contribution is -2.13. The Morgan fingerprint density at radius 1 is 1.50 bits per heavy atom. The molecule has 0 radical (unpaired) electrons. The van der Waals surface area contributed by atoms with E-state index < -0.39 is 0 Å². The molecule has 0 saturated heterocycles. The zero-order chi connectivity index (χ0) is 15.5. The minimum absolute atomic E-state index is 0.179. The van der Waals surface area contributed by atoms with E-state index in [1.54, 1.807) is 0 Å². The Morgan fingerprint density at radius 3 is 3.05 bits per heavy atom. The van der Waals surface area contributed by atoms with Crippen LogP contribution in [-0.2, 0) is 24.1 Å². The number of fused-ring (bicyclic) bond motifs is 1. The molecule has 3 rings (SSSR count). The maximum absolute atomic E-state index is 12.1. The van der Waals surface area contributed by atoms with E-state index in [2.05, 4.69) is 5.10 Å². The Hall–Kier alpha value is -2.33. The number of nitrogens with two attached hydrogens (primary N) is 1. The summed E-state index contributed by atoms with van der Waals surface area (Å²) in [7, 11) is 0. The average molecular weight is 316 g/mol. The number of ether oxygens (including phenoxy) is 1. The van der Waals surface area contributed by atoms with Gasteiger partial charge in [-0.15, -0.1) is 11.3 Å². The molecule has 2 aromatic rings. The van der Waals surface area contributed by atoms with Crippen molar-refractivity contribution in [2.45, 2.75) is 32.2 Å². The molecule has 0 unspecified atom stereocenters. The number of hydrogen-bond donors (Lipinski definition) is 1. The maximum Gasteiger partial charge on any atom is 0.348 e. The van der Waals surface area contributed by atoms with Gasteiger partial charge in [-0.05, 0) is 37.3 Å². The first kappa shape index (κ1) is 14.6. The van der Waals surface area contributed by atoms with E-state index >= 15 is 0 Å². The number of thiophene rings is 1. The van der Waals surface area contributed by atoms with Gasteiger partial charge in [0, 0.05) is 4.88 Å². The number of aryl methyl sites for hydroxylation is 2. The maximum atomic E-state index is 12.1. The third kappa shape index (κ3) is 2.83. The van der Waals surface area contributed by atoms with Crippen LogP contribution in [0.4, 0.5) is 5.82 Å². The number of carbonyl (C=O) groups is 1. The van der Waals surface area contributed by atoms with Crippen LogP contribution in [0.3, 0.4) is 0 Å². The van der Waals surface area contributed by atoms with Crippen LogP contribution < -0.4 is 5.73 Å². The number of hydrogen-bond acceptors (Lipinski definition) is 6. The van der Waals surface area contributed by atoms with Crippen LogP contribution in [0.15, 0.2) is 12.3 Å². The standard InChI is InChI=1S/C15H16N4O2S/c16-8-11-9-18-19(14(11)17)5-6-21-15(20)13-7-10-3-1-2-4-12(10)22-13/h7,9H,1-6,17H2. The zero-order valence-electron chi connectivity index (χ0n) is 12.0. The van der Waals surface area contributed by atoms with Crippen molar-refractivity contribution in [1.29, 1.82) is 5.26 Å². The van der Waals surface area contributed by atoms with Gasteiger partial charge in [-0.25, -0.2) is 9.48 Å². The molecule has 2 N–H and O–H groups in total. The van der Waals surface area contributed by atoms with Gasteiger partial charge in [0.1, 0.15) is 28.9 Å². The molecule has 2 aromatic heterocycles. The molecular weight excluding hydrogens is 300 g/mol. The fourth-order valence-corrected chi connectivity index (χ4v) is 3.69. The van der Waals surface area contributed by atoms with Crippen LogP contribution in [-0.4, -0.2) is 22.4 Å². The quantitative estimate of drug-likeness (QED) is 0.872. The van der Waals surface area contributed by atoms with Crippen molar-refractivity contribution in [3.8, 4) is 6.07 Å². The zero-order valence-corrected chi connectivity index (χ0v) is 12.9. The summed E-state index contributed by atoms with van der Waals surface area (Å²) in [5.41, 5.74) is 7.37. The number of carbonyl (C=O) groups excluding carboxylic acids is 1. The molecule has 0 spiro atoms. The van der Waals surface area contributed by atoms with E-state index in [0.717, 1.165) is 12.8 Å². The van der Waals surface area contributed by atoms with Crippen LogP contribution in [0.1, 0.15) is 38.5 Å². The third-order valence-electron chi connectivity index (χ3n) is 3.73. The molecule has 22 heavy (non-hydrogen) atoms. The van der Waals surface area contributed by atoms with E-state index in [9.17, 15) is 4.79 Å². The summed E-state index contributed by atoms with van der Waals surface area (Å²) in [6.45, 7) is 0.516. The first-order valence-electron chi connectivity index (χ1n) is 7.19. The van der Waals surface area contributed by atoms with E-state index in [1.165, 1.54) is 45.5 Å². The van der Waals surface area contributed by atoms with Gasteiger partial charge in [0.2, 0.25) is 0 Å². The van der Waals surface area contributed by atoms with Crippen LogP contribution in [0.5, 0.6) is 0 Å². The fraction of sp³-hybridized carbons (Fsp3) is 0.400. The highest BCUT2D eigenvalue weighted by atomic mass is 32.1. The Bertz CT molecular complexity index is 718. The van der Waals surface area contributed by atoms with Gasteiger partial charge in [-0.3, -0.25) is 0 Å². The number of esters is 1. The van der Waals surface area contributed by atoms with Gasteiger partial charge in [0.15, 0.2) is 0 Å². The number of nitriles is 1. The minimum atomic E-state index is -0.300. The fourth-order valence-electron chi connectivity index (χ4n) is 2.55. The van der Waals surface area contributed by atoms with Gasteiger partial charge in [0.05, 0.1) is 12.7 Å². The minimum Gasteiger partial charge on any atom is -0.460 e. The predicted octanol–water partition coefficient (Wildman–Crippen LogP) is 2.13. The number of anilines is 1. The highest BCUT2D eigenvalue weighted by Gasteiger charge is 2.18. The second kappa shape index (κ2) is 6.20. The average Bonchev–Trinajstić information content (AvgIpc) is 3.11. The van der Waals surface area contributed by atoms with Gasteiger partial charge >= 0.3 is 5.97 Å². The van der Waals surface area contributed by atoms with Crippen LogP contribution in [0.2, 0.25) is 0 Å². The Morgan fingerprint density at radius 2 is 2.32 bits per heavy atom. The molecule has 0 saturated carbocycles. The van der Waals surface area contributed by atoms with Crippen LogP contribution >= 0.6 is 11.3 Å². The molecule has 0 bridgehead atoms. The molecule has 7 heteroatoms. The lowest BCUT2D eigenvalue weighted by molar-refractivity contribution is 0.0494. The SMILES string of the molecule is N#Cc1cnn(CCOC(=O)c2cc3c(s2)CCCC3)c1N. The summed E-state index contributed by atoms with van der Waals surface area (Å²) in [5.74, 6) is -0.00392. The number of nitrogens with zero attached hydrogens (tertiary/aromatic N) is 3. The van der Waals surface area contributed by atoms with Crippen molar-refractivity contribution in [3.63, 3.8) is 0 Å². The van der Waals surface area contributed by atoms with Crippen LogP contribution in [0.25, 0.3) is 0 Å². The second-order valence-electron chi connectivity index (χ2n) is 5.18. The molecule has 6 nitrogen and oxygen atoms in total. The number of nitrogen functional groups attached to an aromatic ring is 1. The Labute approximate surface area is 132 Å². The van der Waals surface area contributed by atoms with Gasteiger partial charge in [0.25, 0.3) is 0 Å². The monoisotopic (exact) mass is 316 g/mol. The van der Waals surface area contributed by atoms with Gasteiger partial charge in [-0.1, -0.05) is 0 Å². The molecule has 0 aliphatic heterocycles. The summed E-state index contributed by atoms with van der Waals surface area (Å²) in [6, 6.07) is 3.91. The summed E-state index contributed by atoms with van der Waals surface area (Å²) >= 11 is 1.54. The van der Waals surface area contributed by atoms with Gasteiger partial charge < -0.3 is 10.5 Å². The molecule has 114 valence electrons. The molecule has 0 aromatic carbocycles. The van der Waals surface area contributed by atoms with Gasteiger partial charge in [-0.2, -0.15) is 10.4 Å². The lowest BCUT2D eigenvalue weighted by Gasteiger charge is -2.08. The summed E-state index contributed by atoms with van der Waals surface area (Å²) < 4.78 is 6.74. The molecule has 0 atom stereocenters. The summed E-state index contributed by atoms with van der Waals surface area (Å²) in [6.07, 6.45) is 5.91. The van der Waals surface area contributed by atoms with E-state index in [1.807, 2.05) is 12.1 Å². The number of rotatable bonds is 4. The normalized spacial score (nSPS) is 13.4. The second-order valence-corrected chi connectivity index (χ2v) is 6.32. The topological polar surface area (TPSA) is 93.9 Å². The van der Waals surface area contributed by atoms with Crippen molar-refractivity contribution in [2.24, 2.45) is 0 Å². The highest BCUT2D eigenvalue weighted by Crippen LogP contribution is 2.30. The van der Waals surface area contributed by atoms with Crippen molar-refractivity contribution < 1.29 is 9.53 Å². The van der Waals surface area contributed by atoms with Crippen LogP contribution in [0, 0.1) is 11.3 Å². The van der Waals surface area contributed by atoms with Crippen molar-refractivity contribution in [3.05, 3.63) is 33.1 Å². The third-order valence-corrected chi connectivity index (χ3v) is 4.95. The van der Waals surface area contributed by atoms with E-state index in [-0.39, 0.29) is 12.6 Å². The Kier molecular flexibility index (Phi) is 4.11. The largest absolute Gasteiger partial charge is 0.460 e. The molecular formula is C15H16N4O2S. The smallest absolute Gasteiger partial charge is 0.348 e. The van der Waals surface area contributed by atoms with E-state index in [0.29, 0.717) is 22.8 Å². The molecule has 1 aliphatic carbocycles. The molecule has 2 heterocycles. The Balaban J connectivity index is 1.57. The highest BCUT2D eigenvalue weighted by molar-refractivity contribution is 7.14. The lowest BCUT2D eigenvalue weighted by atomic mass is 9.99. The molecule has 0 fully saturated rings. The van der Waals surface area contributed by atoms with Crippen molar-refractivity contribution in [1.82, 2.24) is 9.78 Å². The molecule has 1 aliphatic rings. The first-order chi connectivity index (χ1) is 10.7. The number of aromatic nitrogens is 2. The first-order valence-corrected chi connectivity index (χ1v) is 8.01.